The molecule has 0 bridgehead atoms. The summed E-state index contributed by atoms with van der Waals surface area (Å²) >= 11 is 0. The summed E-state index contributed by atoms with van der Waals surface area (Å²) in [5.74, 6) is 1.86. The third-order valence-electron chi connectivity index (χ3n) is 5.43. The van der Waals surface area contributed by atoms with Gasteiger partial charge in [-0.1, -0.05) is 6.42 Å². The molecule has 22 heavy (non-hydrogen) atoms. The summed E-state index contributed by atoms with van der Waals surface area (Å²) in [6.45, 7) is 8.88. The van der Waals surface area contributed by atoms with Crippen molar-refractivity contribution >= 4 is 5.91 Å². The Labute approximate surface area is 133 Å². The van der Waals surface area contributed by atoms with Crippen LogP contribution in [0.3, 0.4) is 0 Å². The highest BCUT2D eigenvalue weighted by atomic mass is 16.2. The predicted octanol–water partition coefficient (Wildman–Crippen LogP) is 1.87. The van der Waals surface area contributed by atoms with Crippen LogP contribution in [0.1, 0.15) is 42.9 Å². The fourth-order valence-electron chi connectivity index (χ4n) is 3.39. The molecule has 2 aliphatic rings. The third kappa shape index (κ3) is 3.05. The second-order valence-electron chi connectivity index (χ2n) is 6.84. The lowest BCUT2D eigenvalue weighted by Crippen LogP contribution is -2.41. The van der Waals surface area contributed by atoms with E-state index in [1.165, 1.54) is 12.1 Å². The van der Waals surface area contributed by atoms with Crippen molar-refractivity contribution in [1.29, 1.82) is 0 Å². The van der Waals surface area contributed by atoms with Crippen molar-refractivity contribution in [3.63, 3.8) is 0 Å². The van der Waals surface area contributed by atoms with E-state index in [2.05, 4.69) is 40.2 Å². The standard InChI is InChI=1S/C17H28N4O/c1-13-14(2)19(3)16(18-13)12-20-8-5-9-21(11-10-20)17(22)15-6-4-7-15/h15H,4-12H2,1-3H3. The quantitative estimate of drug-likeness (QED) is 0.856. The fraction of sp³-hybridized carbons (Fsp3) is 0.765. The van der Waals surface area contributed by atoms with Crippen LogP contribution in [0.4, 0.5) is 0 Å². The molecule has 5 nitrogen and oxygen atoms in total. The van der Waals surface area contributed by atoms with Gasteiger partial charge in [-0.15, -0.1) is 0 Å². The molecule has 1 aliphatic heterocycles. The number of rotatable bonds is 3. The number of aryl methyl sites for hydroxylation is 1. The average molecular weight is 304 g/mol. The molecule has 0 N–H and O–H groups in total. The summed E-state index contributed by atoms with van der Waals surface area (Å²) in [4.78, 5) is 21.6. The Morgan fingerprint density at radius 2 is 1.91 bits per heavy atom. The predicted molar refractivity (Wildman–Crippen MR) is 86.5 cm³/mol. The second kappa shape index (κ2) is 6.41. The molecule has 2 heterocycles. The highest BCUT2D eigenvalue weighted by molar-refractivity contribution is 5.79. The molecule has 1 saturated heterocycles. The van der Waals surface area contributed by atoms with E-state index in [1.807, 2.05) is 0 Å². The molecule has 1 amide bonds. The van der Waals surface area contributed by atoms with Gasteiger partial charge in [0.2, 0.25) is 5.91 Å². The van der Waals surface area contributed by atoms with E-state index in [0.717, 1.165) is 63.5 Å². The van der Waals surface area contributed by atoms with Crippen LogP contribution in [0.5, 0.6) is 0 Å². The van der Waals surface area contributed by atoms with E-state index in [-0.39, 0.29) is 0 Å². The number of nitrogens with zero attached hydrogens (tertiary/aromatic N) is 4. The first-order valence-electron chi connectivity index (χ1n) is 8.56. The van der Waals surface area contributed by atoms with Gasteiger partial charge in [0.25, 0.3) is 0 Å². The summed E-state index contributed by atoms with van der Waals surface area (Å²) in [6, 6.07) is 0. The number of imidazole rings is 1. The smallest absolute Gasteiger partial charge is 0.225 e. The first kappa shape index (κ1) is 15.5. The van der Waals surface area contributed by atoms with E-state index < -0.39 is 0 Å². The van der Waals surface area contributed by atoms with Crippen LogP contribution in [0.25, 0.3) is 0 Å². The first-order chi connectivity index (χ1) is 10.6. The van der Waals surface area contributed by atoms with Crippen molar-refractivity contribution in [1.82, 2.24) is 19.4 Å². The van der Waals surface area contributed by atoms with E-state index in [1.54, 1.807) is 0 Å². The van der Waals surface area contributed by atoms with Crippen LogP contribution in [0.15, 0.2) is 0 Å². The maximum Gasteiger partial charge on any atom is 0.225 e. The Kier molecular flexibility index (Phi) is 4.52. The SMILES string of the molecule is Cc1nc(CN2CCCN(C(=O)C3CCC3)CC2)n(C)c1C. The molecule has 1 aromatic rings. The van der Waals surface area contributed by atoms with Crippen molar-refractivity contribution in [2.75, 3.05) is 26.2 Å². The molecule has 1 aromatic heterocycles. The minimum atomic E-state index is 0.325. The van der Waals surface area contributed by atoms with Crippen molar-refractivity contribution in [2.24, 2.45) is 13.0 Å². The average Bonchev–Trinajstić information content (AvgIpc) is 2.64. The number of hydrogen-bond donors (Lipinski definition) is 0. The molecule has 0 atom stereocenters. The van der Waals surface area contributed by atoms with Crippen molar-refractivity contribution in [2.45, 2.75) is 46.1 Å². The summed E-state index contributed by atoms with van der Waals surface area (Å²) in [6.07, 6.45) is 4.50. The van der Waals surface area contributed by atoms with Crippen LogP contribution in [0, 0.1) is 19.8 Å². The minimum Gasteiger partial charge on any atom is -0.341 e. The van der Waals surface area contributed by atoms with Gasteiger partial charge in [-0.3, -0.25) is 9.69 Å². The summed E-state index contributed by atoms with van der Waals surface area (Å²) < 4.78 is 2.19. The molecule has 1 saturated carbocycles. The van der Waals surface area contributed by atoms with E-state index in [4.69, 9.17) is 0 Å². The summed E-state index contributed by atoms with van der Waals surface area (Å²) in [5.41, 5.74) is 2.36. The molecule has 0 aromatic carbocycles. The van der Waals surface area contributed by atoms with Gasteiger partial charge in [-0.2, -0.15) is 0 Å². The number of hydrogen-bond acceptors (Lipinski definition) is 3. The maximum atomic E-state index is 12.4. The Morgan fingerprint density at radius 3 is 2.50 bits per heavy atom. The van der Waals surface area contributed by atoms with Crippen LogP contribution in [-0.2, 0) is 18.4 Å². The van der Waals surface area contributed by atoms with Crippen LogP contribution in [-0.4, -0.2) is 51.4 Å². The van der Waals surface area contributed by atoms with Crippen molar-refractivity contribution in [3.8, 4) is 0 Å². The molecular formula is C17H28N4O. The molecule has 2 fully saturated rings. The van der Waals surface area contributed by atoms with E-state index in [9.17, 15) is 4.79 Å². The Bertz CT molecular complexity index is 547. The number of carbonyl (C=O) groups is 1. The maximum absolute atomic E-state index is 12.4. The monoisotopic (exact) mass is 304 g/mol. The van der Waals surface area contributed by atoms with Gasteiger partial charge < -0.3 is 9.47 Å². The van der Waals surface area contributed by atoms with Gasteiger partial charge in [0, 0.05) is 44.8 Å². The van der Waals surface area contributed by atoms with E-state index in [0.29, 0.717) is 11.8 Å². The lowest BCUT2D eigenvalue weighted by atomic mass is 9.84. The molecule has 122 valence electrons. The zero-order valence-corrected chi connectivity index (χ0v) is 14.1. The summed E-state index contributed by atoms with van der Waals surface area (Å²) in [7, 11) is 2.09. The normalized spacial score (nSPS) is 20.8. The molecule has 0 unspecified atom stereocenters. The van der Waals surface area contributed by atoms with Crippen LogP contribution < -0.4 is 0 Å². The summed E-state index contributed by atoms with van der Waals surface area (Å²) in [5, 5.41) is 0. The van der Waals surface area contributed by atoms with Gasteiger partial charge in [0.1, 0.15) is 5.82 Å². The molecule has 0 spiro atoms. The Balaban J connectivity index is 1.58. The Morgan fingerprint density at radius 1 is 1.14 bits per heavy atom. The number of amides is 1. The highest BCUT2D eigenvalue weighted by Gasteiger charge is 2.30. The van der Waals surface area contributed by atoms with Gasteiger partial charge in [-0.05, 0) is 33.1 Å². The van der Waals surface area contributed by atoms with E-state index >= 15 is 0 Å². The third-order valence-corrected chi connectivity index (χ3v) is 5.43. The van der Waals surface area contributed by atoms with Gasteiger partial charge in [0.05, 0.1) is 12.2 Å². The number of aromatic nitrogens is 2. The number of carbonyl (C=O) groups excluding carboxylic acids is 1. The lowest BCUT2D eigenvalue weighted by Gasteiger charge is -2.31. The minimum absolute atomic E-state index is 0.325. The molecule has 5 heteroatoms. The zero-order valence-electron chi connectivity index (χ0n) is 14.1. The van der Waals surface area contributed by atoms with Crippen LogP contribution in [0.2, 0.25) is 0 Å². The largest absolute Gasteiger partial charge is 0.341 e. The van der Waals surface area contributed by atoms with Gasteiger partial charge >= 0.3 is 0 Å². The topological polar surface area (TPSA) is 41.4 Å². The van der Waals surface area contributed by atoms with Crippen molar-refractivity contribution in [3.05, 3.63) is 17.2 Å². The first-order valence-corrected chi connectivity index (χ1v) is 8.56. The van der Waals surface area contributed by atoms with Crippen molar-refractivity contribution < 1.29 is 4.79 Å². The molecular weight excluding hydrogens is 276 g/mol. The molecule has 1 aliphatic carbocycles. The van der Waals surface area contributed by atoms with Crippen LogP contribution >= 0.6 is 0 Å². The van der Waals surface area contributed by atoms with Gasteiger partial charge in [-0.25, -0.2) is 4.98 Å². The fourth-order valence-corrected chi connectivity index (χ4v) is 3.39. The molecule has 3 rings (SSSR count). The van der Waals surface area contributed by atoms with Gasteiger partial charge in [0.15, 0.2) is 0 Å². The second-order valence-corrected chi connectivity index (χ2v) is 6.84. The Hall–Kier alpha value is -1.36. The highest BCUT2D eigenvalue weighted by Crippen LogP contribution is 2.28. The molecule has 0 radical (unpaired) electrons. The lowest BCUT2D eigenvalue weighted by molar-refractivity contribution is -0.138. The zero-order chi connectivity index (χ0) is 15.7.